The van der Waals surface area contributed by atoms with E-state index in [2.05, 4.69) is 103 Å². The molecular weight excluding hydrogens is 446 g/mol. The van der Waals surface area contributed by atoms with Crippen LogP contribution in [0.4, 0.5) is 0 Å². The van der Waals surface area contributed by atoms with Gasteiger partial charge in [0.15, 0.2) is 0 Å². The number of pyridine rings is 1. The van der Waals surface area contributed by atoms with Gasteiger partial charge in [0.1, 0.15) is 17.3 Å². The molecule has 178 valence electrons. The number of imidazole rings is 1. The van der Waals surface area contributed by atoms with E-state index in [1.54, 1.807) is 0 Å². The first kappa shape index (κ1) is 20.9. The molecule has 3 aromatic heterocycles. The number of rotatable bonds is 4. The van der Waals surface area contributed by atoms with Crippen molar-refractivity contribution in [3.8, 4) is 22.4 Å². The van der Waals surface area contributed by atoms with E-state index in [1.165, 1.54) is 16.5 Å². The van der Waals surface area contributed by atoms with Crippen molar-refractivity contribution in [2.45, 2.75) is 12.8 Å². The molecule has 0 fully saturated rings. The van der Waals surface area contributed by atoms with Gasteiger partial charge < -0.3 is 20.0 Å². The minimum Gasteiger partial charge on any atom is -0.370 e. The van der Waals surface area contributed by atoms with Gasteiger partial charge >= 0.3 is 0 Å². The van der Waals surface area contributed by atoms with E-state index in [0.717, 1.165) is 84.2 Å². The van der Waals surface area contributed by atoms with Crippen LogP contribution in [0.2, 0.25) is 0 Å². The minimum atomic E-state index is 0.881. The van der Waals surface area contributed by atoms with E-state index in [4.69, 9.17) is 4.98 Å². The topological polar surface area (TPSA) is 81.9 Å². The predicted octanol–water partition coefficient (Wildman–Crippen LogP) is 4.63. The summed E-state index contributed by atoms with van der Waals surface area (Å²) in [7, 11) is 0. The lowest BCUT2D eigenvalue weighted by Crippen LogP contribution is -2.30. The first-order valence-electron chi connectivity index (χ1n) is 12.6. The lowest BCUT2D eigenvalue weighted by atomic mass is 10.0. The summed E-state index contributed by atoms with van der Waals surface area (Å²) in [5, 5.41) is 8.01. The molecule has 2 aromatic carbocycles. The Kier molecular flexibility index (Phi) is 5.05. The minimum absolute atomic E-state index is 0.881. The van der Waals surface area contributed by atoms with E-state index < -0.39 is 0 Å². The van der Waals surface area contributed by atoms with Crippen LogP contribution in [0, 0.1) is 0 Å². The summed E-state index contributed by atoms with van der Waals surface area (Å²) in [4.78, 5) is 17.5. The molecule has 2 aliphatic heterocycles. The molecule has 0 amide bonds. The summed E-state index contributed by atoms with van der Waals surface area (Å²) in [5.41, 5.74) is 8.71. The highest BCUT2D eigenvalue weighted by Gasteiger charge is 2.13. The molecule has 0 saturated heterocycles. The number of aromatic nitrogens is 3. The number of benzene rings is 2. The van der Waals surface area contributed by atoms with Gasteiger partial charge in [-0.2, -0.15) is 0 Å². The number of aromatic amines is 1. The van der Waals surface area contributed by atoms with Gasteiger partial charge in [0.05, 0.1) is 5.69 Å². The highest BCUT2D eigenvalue weighted by Crippen LogP contribution is 2.31. The predicted molar refractivity (Wildman–Crippen MR) is 146 cm³/mol. The van der Waals surface area contributed by atoms with Gasteiger partial charge in [-0.1, -0.05) is 36.4 Å². The average Bonchev–Trinajstić information content (AvgIpc) is 3.58. The Morgan fingerprint density at radius 2 is 1.39 bits per heavy atom. The third-order valence-corrected chi connectivity index (χ3v) is 6.97. The summed E-state index contributed by atoms with van der Waals surface area (Å²) in [6, 6.07) is 19.3. The van der Waals surface area contributed by atoms with Gasteiger partial charge in [0, 0.05) is 77.9 Å². The molecule has 0 unspecified atom stereocenters. The van der Waals surface area contributed by atoms with Gasteiger partial charge in [0.25, 0.3) is 0 Å². The maximum absolute atomic E-state index is 4.85. The Morgan fingerprint density at radius 1 is 0.694 bits per heavy atom. The summed E-state index contributed by atoms with van der Waals surface area (Å²) in [6.07, 6.45) is 8.47. The zero-order chi connectivity index (χ0) is 23.9. The third-order valence-electron chi connectivity index (χ3n) is 6.97. The number of nitrogens with one attached hydrogen (secondary N) is 3. The Hall–Kier alpha value is -4.39. The van der Waals surface area contributed by atoms with Crippen LogP contribution >= 0.6 is 0 Å². The van der Waals surface area contributed by atoms with Crippen molar-refractivity contribution in [2.75, 3.05) is 26.2 Å². The first-order chi connectivity index (χ1) is 17.8. The van der Waals surface area contributed by atoms with E-state index in [0.29, 0.717) is 0 Å². The van der Waals surface area contributed by atoms with Crippen LogP contribution in [-0.4, -0.2) is 52.2 Å². The zero-order valence-corrected chi connectivity index (χ0v) is 20.0. The first-order valence-corrected chi connectivity index (χ1v) is 12.6. The number of fused-ring (bicyclic) bond motifs is 2. The van der Waals surface area contributed by atoms with Crippen LogP contribution in [0.1, 0.15) is 24.0 Å². The molecule has 36 heavy (non-hydrogen) atoms. The van der Waals surface area contributed by atoms with Crippen molar-refractivity contribution in [2.24, 2.45) is 9.98 Å². The highest BCUT2D eigenvalue weighted by molar-refractivity contribution is 6.04. The second-order valence-corrected chi connectivity index (χ2v) is 9.37. The van der Waals surface area contributed by atoms with Crippen LogP contribution in [0.3, 0.4) is 0 Å². The van der Waals surface area contributed by atoms with Gasteiger partial charge in [0.2, 0.25) is 0 Å². The number of hydrogen-bond acceptors (Lipinski definition) is 5. The van der Waals surface area contributed by atoms with E-state index in [-0.39, 0.29) is 0 Å². The molecule has 5 aromatic rings. The summed E-state index contributed by atoms with van der Waals surface area (Å²) in [5.74, 6) is 1.96. The Balaban J connectivity index is 1.17. The Labute approximate surface area is 209 Å². The van der Waals surface area contributed by atoms with E-state index in [9.17, 15) is 0 Å². The smallest absolute Gasteiger partial charge is 0.137 e. The number of H-pyrrole nitrogens is 1. The normalized spacial score (nSPS) is 15.9. The molecule has 0 atom stereocenters. The number of amidine groups is 2. The van der Waals surface area contributed by atoms with Gasteiger partial charge in [-0.15, -0.1) is 0 Å². The number of nitrogens with zero attached hydrogens (tertiary/aromatic N) is 4. The fourth-order valence-electron chi connectivity index (χ4n) is 5.06. The second kappa shape index (κ2) is 8.68. The Morgan fingerprint density at radius 3 is 2.14 bits per heavy atom. The lowest BCUT2D eigenvalue weighted by Gasteiger charge is -2.14. The fraction of sp³-hybridized carbons (Fsp3) is 0.207. The number of aliphatic imine (C=N–C) groups is 2. The van der Waals surface area contributed by atoms with E-state index in [1.807, 2.05) is 0 Å². The van der Waals surface area contributed by atoms with Crippen LogP contribution in [0.25, 0.3) is 38.9 Å². The molecular formula is C29H27N7. The molecule has 0 aliphatic carbocycles. The number of hydrogen-bond donors (Lipinski definition) is 3. The Bertz CT molecular complexity index is 1640. The van der Waals surface area contributed by atoms with Crippen molar-refractivity contribution in [1.82, 2.24) is 25.0 Å². The molecule has 0 radical (unpaired) electrons. The molecule has 7 rings (SSSR count). The largest absolute Gasteiger partial charge is 0.370 e. The zero-order valence-electron chi connectivity index (χ0n) is 20.0. The van der Waals surface area contributed by atoms with Crippen LogP contribution in [-0.2, 0) is 0 Å². The van der Waals surface area contributed by atoms with Crippen LogP contribution < -0.4 is 10.6 Å². The summed E-state index contributed by atoms with van der Waals surface area (Å²) >= 11 is 0. The van der Waals surface area contributed by atoms with Crippen LogP contribution in [0.5, 0.6) is 0 Å². The molecule has 0 spiro atoms. The van der Waals surface area contributed by atoms with Crippen molar-refractivity contribution in [3.63, 3.8) is 0 Å². The van der Waals surface area contributed by atoms with E-state index >= 15 is 0 Å². The molecule has 0 bridgehead atoms. The molecule has 5 heterocycles. The lowest BCUT2D eigenvalue weighted by molar-refractivity contribution is 0.742. The van der Waals surface area contributed by atoms with Crippen molar-refractivity contribution in [1.29, 1.82) is 0 Å². The maximum Gasteiger partial charge on any atom is 0.137 e. The van der Waals surface area contributed by atoms with Crippen molar-refractivity contribution < 1.29 is 0 Å². The van der Waals surface area contributed by atoms with Crippen molar-refractivity contribution >= 4 is 28.2 Å². The maximum atomic E-state index is 4.85. The highest BCUT2D eigenvalue weighted by atomic mass is 15.0. The molecule has 3 N–H and O–H groups in total. The molecule has 0 saturated carbocycles. The quantitative estimate of drug-likeness (QED) is 0.356. The third kappa shape index (κ3) is 3.73. The monoisotopic (exact) mass is 473 g/mol. The van der Waals surface area contributed by atoms with Crippen molar-refractivity contribution in [3.05, 3.63) is 84.3 Å². The summed E-state index contributed by atoms with van der Waals surface area (Å²) < 4.78 is 2.08. The molecule has 2 aliphatic rings. The molecule has 7 heteroatoms. The van der Waals surface area contributed by atoms with Gasteiger partial charge in [-0.05, 0) is 36.6 Å². The van der Waals surface area contributed by atoms with Gasteiger partial charge in [-0.25, -0.2) is 4.98 Å². The summed E-state index contributed by atoms with van der Waals surface area (Å²) in [6.45, 7) is 3.73. The van der Waals surface area contributed by atoms with Gasteiger partial charge in [-0.3, -0.25) is 9.98 Å². The fourth-order valence-corrected chi connectivity index (χ4v) is 5.06. The molecule has 7 nitrogen and oxygen atoms in total. The standard InChI is InChI=1S/C29H27N7/c1-11-30-28(31-12-1)21-7-9-23-24(16-34-25(23)15-21)19-3-5-20(6-4-19)26-18-36-17-22(8-10-27(36)35-26)29-32-13-2-14-33-29/h3-10,15-18,34H,1-2,11-14H2,(H,30,31)(H,32,33). The second-order valence-electron chi connectivity index (χ2n) is 9.37. The van der Waals surface area contributed by atoms with Crippen LogP contribution in [0.15, 0.2) is 83.2 Å². The average molecular weight is 474 g/mol. The SMILES string of the molecule is c1cc2c(-c3ccc(-c4cn5cc(C6=NCCCN6)ccc5n4)cc3)c[nH]c2cc1C1=NCCCN1.